The van der Waals surface area contributed by atoms with E-state index in [1.165, 1.54) is 0 Å². The Kier molecular flexibility index (Phi) is 5.78. The first-order chi connectivity index (χ1) is 13.6. The van der Waals surface area contributed by atoms with Crippen LogP contribution in [0.25, 0.3) is 0 Å². The molecule has 2 unspecified atom stereocenters. The Labute approximate surface area is 171 Å². The second kappa shape index (κ2) is 7.97. The summed E-state index contributed by atoms with van der Waals surface area (Å²) in [6.07, 6.45) is 2.90. The van der Waals surface area contributed by atoms with Crippen molar-refractivity contribution in [1.29, 1.82) is 0 Å². The van der Waals surface area contributed by atoms with Crippen LogP contribution in [0.1, 0.15) is 73.6 Å². The topological polar surface area (TPSA) is 95.6 Å². The monoisotopic (exact) mass is 398 g/mol. The highest BCUT2D eigenvalue weighted by Gasteiger charge is 2.45. The number of amides is 4. The van der Waals surface area contributed by atoms with Gasteiger partial charge in [0.05, 0.1) is 11.1 Å². The predicted molar refractivity (Wildman–Crippen MR) is 109 cm³/mol. The quantitative estimate of drug-likeness (QED) is 0.719. The highest BCUT2D eigenvalue weighted by Crippen LogP contribution is 2.35. The number of carbonyl (C=O) groups is 4. The molecule has 1 aromatic carbocycles. The van der Waals surface area contributed by atoms with Gasteiger partial charge in [0.1, 0.15) is 6.04 Å². The number of unbranched alkanes of at least 4 members (excludes halogenated alkanes) is 1. The first-order valence-electron chi connectivity index (χ1n) is 10.1. The molecule has 1 radical (unpaired) electrons. The minimum absolute atomic E-state index is 0.0626. The lowest BCUT2D eigenvalue weighted by Gasteiger charge is -2.33. The van der Waals surface area contributed by atoms with Gasteiger partial charge in [-0.3, -0.25) is 29.4 Å². The third kappa shape index (κ3) is 4.04. The number of piperidine rings is 1. The first kappa shape index (κ1) is 21.0. The van der Waals surface area contributed by atoms with Crippen LogP contribution in [0.4, 0.5) is 5.69 Å². The largest absolute Gasteiger partial charge is 0.381 e. The van der Waals surface area contributed by atoms with Gasteiger partial charge in [0, 0.05) is 18.2 Å². The van der Waals surface area contributed by atoms with Gasteiger partial charge in [-0.15, -0.1) is 0 Å². The van der Waals surface area contributed by atoms with Crippen LogP contribution in [0, 0.1) is 12.3 Å². The summed E-state index contributed by atoms with van der Waals surface area (Å²) in [7, 11) is 0. The molecule has 7 nitrogen and oxygen atoms in total. The van der Waals surface area contributed by atoms with Crippen molar-refractivity contribution in [3.63, 3.8) is 0 Å². The van der Waals surface area contributed by atoms with E-state index in [-0.39, 0.29) is 35.8 Å². The highest BCUT2D eigenvalue weighted by molar-refractivity contribution is 6.25. The Bertz CT molecular complexity index is 856. The Morgan fingerprint density at radius 3 is 2.55 bits per heavy atom. The fourth-order valence-corrected chi connectivity index (χ4v) is 3.89. The average Bonchev–Trinajstić information content (AvgIpc) is 2.90. The number of benzene rings is 1. The lowest BCUT2D eigenvalue weighted by atomic mass is 9.83. The third-order valence-corrected chi connectivity index (χ3v) is 5.59. The van der Waals surface area contributed by atoms with Gasteiger partial charge in [-0.2, -0.15) is 0 Å². The molecule has 1 aromatic rings. The summed E-state index contributed by atoms with van der Waals surface area (Å²) in [5.74, 6) is -1.97. The van der Waals surface area contributed by atoms with Gasteiger partial charge in [-0.25, -0.2) is 0 Å². The SMILES string of the molecule is [CH2]CCCC(Nc1cccc2c1C(=O)N(C1CCC(=O)NC1=O)C2=O)C(C)(C)C. The van der Waals surface area contributed by atoms with Crippen molar-refractivity contribution in [1.82, 2.24) is 10.2 Å². The number of hydrogen-bond donors (Lipinski definition) is 2. The molecule has 1 fully saturated rings. The normalized spacial score (nSPS) is 20.6. The van der Waals surface area contributed by atoms with E-state index in [2.05, 4.69) is 38.3 Å². The maximum Gasteiger partial charge on any atom is 0.264 e. The molecule has 2 aliphatic rings. The van der Waals surface area contributed by atoms with Crippen LogP contribution in [0.3, 0.4) is 0 Å². The van der Waals surface area contributed by atoms with Gasteiger partial charge < -0.3 is 5.32 Å². The van der Waals surface area contributed by atoms with Crippen LogP contribution in [0.5, 0.6) is 0 Å². The van der Waals surface area contributed by atoms with Crippen LogP contribution in [0.15, 0.2) is 18.2 Å². The standard InChI is InChI=1S/C22H28N3O4/c1-5-6-10-16(22(2,3)4)23-14-9-7-8-13-18(14)21(29)25(20(13)28)15-11-12-17(26)24-19(15)27/h7-9,15-16,23H,1,5-6,10-12H2,2-4H3,(H,24,26,27). The molecule has 2 aliphatic heterocycles. The van der Waals surface area contributed by atoms with Gasteiger partial charge in [0.15, 0.2) is 0 Å². The van der Waals surface area contributed by atoms with Crippen molar-refractivity contribution in [2.75, 3.05) is 5.32 Å². The lowest BCUT2D eigenvalue weighted by molar-refractivity contribution is -0.136. The number of carbonyl (C=O) groups excluding carboxylic acids is 4. The molecule has 155 valence electrons. The van der Waals surface area contributed by atoms with Gasteiger partial charge in [-0.05, 0) is 30.4 Å². The number of rotatable bonds is 6. The van der Waals surface area contributed by atoms with Crippen molar-refractivity contribution in [2.45, 2.75) is 65.0 Å². The summed E-state index contributed by atoms with van der Waals surface area (Å²) in [5, 5.41) is 5.68. The van der Waals surface area contributed by atoms with Gasteiger partial charge >= 0.3 is 0 Å². The van der Waals surface area contributed by atoms with Gasteiger partial charge in [0.25, 0.3) is 11.8 Å². The van der Waals surface area contributed by atoms with E-state index in [1.807, 2.05) is 0 Å². The average molecular weight is 398 g/mol. The van der Waals surface area contributed by atoms with Crippen molar-refractivity contribution < 1.29 is 19.2 Å². The van der Waals surface area contributed by atoms with E-state index >= 15 is 0 Å². The fourth-order valence-electron chi connectivity index (χ4n) is 3.89. The molecule has 4 amide bonds. The Balaban J connectivity index is 1.92. The zero-order chi connectivity index (χ0) is 21.3. The number of nitrogens with zero attached hydrogens (tertiary/aromatic N) is 1. The van der Waals surface area contributed by atoms with Crippen LogP contribution in [0.2, 0.25) is 0 Å². The minimum atomic E-state index is -0.961. The van der Waals surface area contributed by atoms with Crippen LogP contribution in [-0.2, 0) is 9.59 Å². The maximum absolute atomic E-state index is 13.2. The molecule has 0 aromatic heterocycles. The van der Waals surface area contributed by atoms with E-state index in [4.69, 9.17) is 0 Å². The molecular formula is C22H28N3O4. The molecular weight excluding hydrogens is 370 g/mol. The number of imide groups is 2. The molecule has 0 spiro atoms. The Morgan fingerprint density at radius 1 is 1.21 bits per heavy atom. The van der Waals surface area contributed by atoms with Crippen LogP contribution < -0.4 is 10.6 Å². The van der Waals surface area contributed by atoms with E-state index in [1.54, 1.807) is 18.2 Å². The fraction of sp³-hybridized carbons (Fsp3) is 0.500. The molecule has 1 saturated heterocycles. The van der Waals surface area contributed by atoms with Crippen LogP contribution >= 0.6 is 0 Å². The Morgan fingerprint density at radius 2 is 1.93 bits per heavy atom. The highest BCUT2D eigenvalue weighted by atomic mass is 16.2. The molecule has 2 atom stereocenters. The number of hydrogen-bond acceptors (Lipinski definition) is 5. The summed E-state index contributed by atoms with van der Waals surface area (Å²) in [6.45, 7) is 10.3. The van der Waals surface area contributed by atoms with Gasteiger partial charge in [0.2, 0.25) is 11.8 Å². The molecule has 0 aliphatic carbocycles. The molecule has 7 heteroatoms. The first-order valence-corrected chi connectivity index (χ1v) is 10.1. The van der Waals surface area contributed by atoms with E-state index in [0.717, 1.165) is 24.2 Å². The Hall–Kier alpha value is -2.70. The van der Waals surface area contributed by atoms with Crippen molar-refractivity contribution in [2.24, 2.45) is 5.41 Å². The maximum atomic E-state index is 13.2. The summed E-state index contributed by atoms with van der Waals surface area (Å²) < 4.78 is 0. The zero-order valence-corrected chi connectivity index (χ0v) is 17.2. The molecule has 0 saturated carbocycles. The minimum Gasteiger partial charge on any atom is -0.381 e. The van der Waals surface area contributed by atoms with Crippen molar-refractivity contribution in [3.05, 3.63) is 36.2 Å². The van der Waals surface area contributed by atoms with E-state index < -0.39 is 23.8 Å². The molecule has 0 bridgehead atoms. The summed E-state index contributed by atoms with van der Waals surface area (Å²) >= 11 is 0. The summed E-state index contributed by atoms with van der Waals surface area (Å²) in [5.41, 5.74) is 1.12. The number of anilines is 1. The molecule has 3 rings (SSSR count). The summed E-state index contributed by atoms with van der Waals surface area (Å²) in [6, 6.07) is 4.26. The summed E-state index contributed by atoms with van der Waals surface area (Å²) in [4.78, 5) is 50.8. The second-order valence-corrected chi connectivity index (χ2v) is 8.73. The number of fused-ring (bicyclic) bond motifs is 1. The zero-order valence-electron chi connectivity index (χ0n) is 17.2. The lowest BCUT2D eigenvalue weighted by Crippen LogP contribution is -2.54. The molecule has 2 N–H and O–H groups in total. The van der Waals surface area contributed by atoms with Crippen LogP contribution in [-0.4, -0.2) is 40.6 Å². The third-order valence-electron chi connectivity index (χ3n) is 5.59. The predicted octanol–water partition coefficient (Wildman–Crippen LogP) is 2.92. The van der Waals surface area contributed by atoms with E-state index in [9.17, 15) is 19.2 Å². The molecule has 2 heterocycles. The smallest absolute Gasteiger partial charge is 0.264 e. The molecule has 29 heavy (non-hydrogen) atoms. The number of nitrogens with one attached hydrogen (secondary N) is 2. The second-order valence-electron chi connectivity index (χ2n) is 8.73. The van der Waals surface area contributed by atoms with Crippen molar-refractivity contribution in [3.8, 4) is 0 Å². The van der Waals surface area contributed by atoms with Gasteiger partial charge in [-0.1, -0.05) is 46.6 Å². The van der Waals surface area contributed by atoms with Crippen molar-refractivity contribution >= 4 is 29.3 Å². The van der Waals surface area contributed by atoms with E-state index in [0.29, 0.717) is 11.3 Å².